The number of anilines is 4. The molecule has 6 aromatic rings. The molecular weight excluding hydrogens is 769 g/mol. The van der Waals surface area contributed by atoms with Gasteiger partial charge in [-0.2, -0.15) is 0 Å². The Labute approximate surface area is 352 Å². The van der Waals surface area contributed by atoms with Gasteiger partial charge in [-0.05, 0) is 128 Å². The molecule has 0 aliphatic heterocycles. The molecule has 0 aliphatic rings. The largest absolute Gasteiger partial charge is 0.326 e. The molecule has 0 radical (unpaired) electrons. The highest BCUT2D eigenvalue weighted by Gasteiger charge is 2.18. The van der Waals surface area contributed by atoms with Gasteiger partial charge in [0.2, 0.25) is 0 Å². The first-order valence-corrected chi connectivity index (χ1v) is 18.9. The van der Waals surface area contributed by atoms with E-state index in [2.05, 4.69) is 38.5 Å². The number of rotatable bonds is 14. The van der Waals surface area contributed by atoms with E-state index in [1.807, 2.05) is 18.2 Å². The number of nitrogens with one attached hydrogen (secondary N) is 6. The van der Waals surface area contributed by atoms with Crippen LogP contribution in [0.3, 0.4) is 0 Å². The third-order valence-corrected chi connectivity index (χ3v) is 8.93. The van der Waals surface area contributed by atoms with Gasteiger partial charge in [0.25, 0.3) is 35.4 Å². The molecule has 12 nitrogen and oxygen atoms in total. The van der Waals surface area contributed by atoms with Crippen molar-refractivity contribution < 1.29 is 28.8 Å². The van der Waals surface area contributed by atoms with Crippen molar-refractivity contribution >= 4 is 58.2 Å². The predicted octanol–water partition coefficient (Wildman–Crippen LogP) is 8.83. The van der Waals surface area contributed by atoms with E-state index in [1.165, 1.54) is 24.3 Å². The lowest BCUT2D eigenvalue weighted by molar-refractivity contribution is 0.0956. The maximum absolute atomic E-state index is 13.7. The molecular formula is C49H40N6O6. The number of allylic oxidation sites excluding steroid dienone is 4. The highest BCUT2D eigenvalue weighted by molar-refractivity contribution is 6.12. The molecule has 0 saturated heterocycles. The van der Waals surface area contributed by atoms with E-state index in [0.29, 0.717) is 45.1 Å². The summed E-state index contributed by atoms with van der Waals surface area (Å²) >= 11 is 0. The third kappa shape index (κ3) is 11.9. The van der Waals surface area contributed by atoms with Gasteiger partial charge in [0.1, 0.15) is 0 Å². The first-order valence-electron chi connectivity index (χ1n) is 18.9. The fourth-order valence-electron chi connectivity index (χ4n) is 5.75. The lowest BCUT2D eigenvalue weighted by Crippen LogP contribution is -2.24. The zero-order valence-electron chi connectivity index (χ0n) is 32.9. The van der Waals surface area contributed by atoms with Crippen molar-refractivity contribution in [2.45, 2.75) is 6.92 Å². The maximum Gasteiger partial charge on any atom is 0.255 e. The summed E-state index contributed by atoms with van der Waals surface area (Å²) in [5.74, 6) is -2.76. The standard InChI is InChI=1S/C49H40N6O6/c1-3-39(20-19-32(2)50-44(56)33-13-7-4-8-14-33)51-47(59)36-29-37(48(60)54-42-25-21-40(22-26-42)52-45(57)34-15-9-5-10-16-34)31-38(30-36)49(61)55-43-27-23-41(24-28-43)53-46(58)35-17-11-6-12-18-35/h3-31H,1H2,2H3,(H,50,56)(H,51,59)(H,52,57)(H,53,58)(H,54,60)(H,55,61). The maximum atomic E-state index is 13.7. The molecule has 0 saturated carbocycles. The van der Waals surface area contributed by atoms with E-state index in [4.69, 9.17) is 0 Å². The predicted molar refractivity (Wildman–Crippen MR) is 237 cm³/mol. The van der Waals surface area contributed by atoms with E-state index in [-0.39, 0.29) is 40.1 Å². The van der Waals surface area contributed by atoms with E-state index in [1.54, 1.807) is 140 Å². The van der Waals surface area contributed by atoms with Gasteiger partial charge >= 0.3 is 0 Å². The van der Waals surface area contributed by atoms with Crippen molar-refractivity contribution in [1.82, 2.24) is 10.6 Å². The third-order valence-electron chi connectivity index (χ3n) is 8.93. The van der Waals surface area contributed by atoms with Crippen molar-refractivity contribution in [3.8, 4) is 0 Å². The number of benzene rings is 6. The molecule has 61 heavy (non-hydrogen) atoms. The molecule has 12 heteroatoms. The molecule has 0 bridgehead atoms. The number of hydrogen-bond acceptors (Lipinski definition) is 6. The molecule has 6 amide bonds. The summed E-state index contributed by atoms with van der Waals surface area (Å²) < 4.78 is 0. The molecule has 0 aliphatic carbocycles. The average molecular weight is 809 g/mol. The van der Waals surface area contributed by atoms with Crippen LogP contribution in [0.1, 0.15) is 69.1 Å². The zero-order valence-corrected chi connectivity index (χ0v) is 32.9. The lowest BCUT2D eigenvalue weighted by atomic mass is 10.0. The van der Waals surface area contributed by atoms with Gasteiger partial charge < -0.3 is 31.9 Å². The first-order chi connectivity index (χ1) is 29.5. The zero-order chi connectivity index (χ0) is 43.1. The molecule has 0 fully saturated rings. The Morgan fingerprint density at radius 2 is 0.672 bits per heavy atom. The number of carbonyl (C=O) groups excluding carboxylic acids is 6. The van der Waals surface area contributed by atoms with Gasteiger partial charge in [-0.15, -0.1) is 0 Å². The summed E-state index contributed by atoms with van der Waals surface area (Å²) in [6.07, 6.45) is 4.55. The molecule has 302 valence electrons. The van der Waals surface area contributed by atoms with Crippen LogP contribution in [-0.2, 0) is 0 Å². The average Bonchev–Trinajstić information content (AvgIpc) is 3.29. The van der Waals surface area contributed by atoms with E-state index >= 15 is 0 Å². The second kappa shape index (κ2) is 20.2. The van der Waals surface area contributed by atoms with Gasteiger partial charge in [0.05, 0.1) is 0 Å². The van der Waals surface area contributed by atoms with Gasteiger partial charge in [0.15, 0.2) is 0 Å². The molecule has 6 rings (SSSR count). The Balaban J connectivity index is 1.20. The van der Waals surface area contributed by atoms with Crippen LogP contribution in [0, 0.1) is 0 Å². The Bertz CT molecular complexity index is 2510. The summed E-state index contributed by atoms with van der Waals surface area (Å²) in [7, 11) is 0. The minimum Gasteiger partial charge on any atom is -0.326 e. The summed E-state index contributed by atoms with van der Waals surface area (Å²) in [5, 5.41) is 16.7. The van der Waals surface area contributed by atoms with Crippen molar-refractivity contribution in [2.24, 2.45) is 0 Å². The van der Waals surface area contributed by atoms with E-state index in [0.717, 1.165) is 0 Å². The summed E-state index contributed by atoms with van der Waals surface area (Å²) in [6, 6.07) is 43.1. The summed E-state index contributed by atoms with van der Waals surface area (Å²) in [4.78, 5) is 78.9. The van der Waals surface area contributed by atoms with Crippen molar-refractivity contribution in [1.29, 1.82) is 0 Å². The van der Waals surface area contributed by atoms with Crippen LogP contribution < -0.4 is 31.9 Å². The van der Waals surface area contributed by atoms with Crippen molar-refractivity contribution in [2.75, 3.05) is 21.3 Å². The lowest BCUT2D eigenvalue weighted by Gasteiger charge is -2.13. The minimum atomic E-state index is -0.647. The first kappa shape index (κ1) is 42.0. The van der Waals surface area contributed by atoms with Gasteiger partial charge in [-0.3, -0.25) is 28.8 Å². The molecule has 0 atom stereocenters. The Kier molecular flexibility index (Phi) is 13.9. The summed E-state index contributed by atoms with van der Waals surface area (Å²) in [6.45, 7) is 5.47. The second-order valence-electron chi connectivity index (χ2n) is 13.5. The molecule has 0 unspecified atom stereocenters. The molecule has 6 N–H and O–H groups in total. The van der Waals surface area contributed by atoms with E-state index < -0.39 is 17.7 Å². The van der Waals surface area contributed by atoms with Crippen LogP contribution in [-0.4, -0.2) is 35.4 Å². The normalized spacial score (nSPS) is 11.0. The fraction of sp³-hybridized carbons (Fsp3) is 0.0204. The number of amides is 6. The van der Waals surface area contributed by atoms with Crippen LogP contribution in [0.25, 0.3) is 0 Å². The Morgan fingerprint density at radius 1 is 0.377 bits per heavy atom. The van der Waals surface area contributed by atoms with Crippen LogP contribution >= 0.6 is 0 Å². The van der Waals surface area contributed by atoms with Gasteiger partial charge in [-0.1, -0.05) is 61.2 Å². The molecule has 0 spiro atoms. The van der Waals surface area contributed by atoms with Crippen molar-refractivity contribution in [3.05, 3.63) is 227 Å². The van der Waals surface area contributed by atoms with Gasteiger partial charge in [-0.25, -0.2) is 0 Å². The Morgan fingerprint density at radius 3 is 1.02 bits per heavy atom. The number of carbonyl (C=O) groups is 6. The monoisotopic (exact) mass is 808 g/mol. The minimum absolute atomic E-state index is 0.00160. The Hall–Kier alpha value is -8.64. The summed E-state index contributed by atoms with van der Waals surface area (Å²) in [5.41, 5.74) is 4.01. The topological polar surface area (TPSA) is 175 Å². The van der Waals surface area contributed by atoms with E-state index in [9.17, 15) is 28.8 Å². The fourth-order valence-corrected chi connectivity index (χ4v) is 5.75. The molecule has 0 heterocycles. The van der Waals surface area contributed by atoms with Crippen LogP contribution in [0.15, 0.2) is 194 Å². The van der Waals surface area contributed by atoms with Crippen molar-refractivity contribution in [3.63, 3.8) is 0 Å². The molecule has 6 aromatic carbocycles. The van der Waals surface area contributed by atoms with Crippen LogP contribution in [0.4, 0.5) is 22.7 Å². The highest BCUT2D eigenvalue weighted by atomic mass is 16.2. The highest BCUT2D eigenvalue weighted by Crippen LogP contribution is 2.20. The smallest absolute Gasteiger partial charge is 0.255 e. The SMILES string of the molecule is C=CC(=CC=C(C)NC(=O)c1ccccc1)NC(=O)c1cc(C(=O)Nc2ccc(NC(=O)c3ccccc3)cc2)cc(C(=O)Nc2ccc(NC(=O)c3ccccc3)cc2)c1. The molecule has 0 aromatic heterocycles. The van der Waals surface area contributed by atoms with Crippen LogP contribution in [0.2, 0.25) is 0 Å². The number of hydrogen-bond donors (Lipinski definition) is 6. The van der Waals surface area contributed by atoms with Crippen LogP contribution in [0.5, 0.6) is 0 Å². The van der Waals surface area contributed by atoms with Gasteiger partial charge in [0, 0.05) is 67.5 Å². The second-order valence-corrected chi connectivity index (χ2v) is 13.5. The quantitative estimate of drug-likeness (QED) is 0.0600.